The van der Waals surface area contributed by atoms with Crippen LogP contribution in [0.5, 0.6) is 0 Å². The Morgan fingerprint density at radius 3 is 2.50 bits per heavy atom. The minimum absolute atomic E-state index is 0.0897. The van der Waals surface area contributed by atoms with E-state index in [4.69, 9.17) is 17.0 Å². The van der Waals surface area contributed by atoms with E-state index >= 15 is 0 Å². The van der Waals surface area contributed by atoms with Crippen molar-refractivity contribution in [2.24, 2.45) is 11.6 Å². The molecule has 0 aromatic heterocycles. The summed E-state index contributed by atoms with van der Waals surface area (Å²) in [5.74, 6) is 5.80. The number of nitrogens with one attached hydrogen (secondary N) is 1. The van der Waals surface area contributed by atoms with E-state index in [9.17, 15) is 0 Å². The smallest absolute Gasteiger partial charge is 0.122 e. The highest BCUT2D eigenvalue weighted by atomic mass is 32.2. The van der Waals surface area contributed by atoms with Gasteiger partial charge in [-0.25, -0.2) is 5.90 Å². The number of hydrogen-bond donors (Lipinski definition) is 3. The van der Waals surface area contributed by atoms with E-state index in [1.54, 1.807) is 11.8 Å². The predicted molar refractivity (Wildman–Crippen MR) is 58.3 cm³/mol. The van der Waals surface area contributed by atoms with Crippen LogP contribution in [-0.4, -0.2) is 18.2 Å². The lowest BCUT2D eigenvalue weighted by molar-refractivity contribution is 0.155. The van der Waals surface area contributed by atoms with Crippen molar-refractivity contribution in [3.63, 3.8) is 0 Å². The molecular formula is C9H13N3OS. The third kappa shape index (κ3) is 3.37. The molecule has 0 saturated carbocycles. The molecule has 0 aliphatic carbocycles. The van der Waals surface area contributed by atoms with E-state index in [1.807, 2.05) is 24.3 Å². The average molecular weight is 211 g/mol. The SMILES string of the molecule is N=C(N)c1ccc(SCCON)cc1. The molecule has 0 fully saturated rings. The standard InChI is InChI=1S/C9H13N3OS/c10-9(11)7-1-3-8(4-2-7)14-6-5-13-12/h1-4H,5-6,12H2,(H3,10,11). The molecule has 0 atom stereocenters. The largest absolute Gasteiger partial charge is 0.384 e. The van der Waals surface area contributed by atoms with Gasteiger partial charge in [-0.1, -0.05) is 12.1 Å². The number of nitrogen functional groups attached to an aromatic ring is 1. The van der Waals surface area contributed by atoms with Gasteiger partial charge >= 0.3 is 0 Å². The second kappa shape index (κ2) is 5.64. The zero-order valence-electron chi connectivity index (χ0n) is 7.69. The maximum Gasteiger partial charge on any atom is 0.122 e. The molecule has 1 aromatic carbocycles. The van der Waals surface area contributed by atoms with Gasteiger partial charge in [0.2, 0.25) is 0 Å². The lowest BCUT2D eigenvalue weighted by Crippen LogP contribution is -2.10. The number of hydrogen-bond acceptors (Lipinski definition) is 4. The van der Waals surface area contributed by atoms with Gasteiger partial charge in [0, 0.05) is 16.2 Å². The summed E-state index contributed by atoms with van der Waals surface area (Å²) in [4.78, 5) is 5.57. The summed E-state index contributed by atoms with van der Waals surface area (Å²) in [7, 11) is 0. The van der Waals surface area contributed by atoms with Crippen molar-refractivity contribution in [1.29, 1.82) is 5.41 Å². The molecule has 5 heteroatoms. The van der Waals surface area contributed by atoms with Gasteiger partial charge in [0.1, 0.15) is 5.84 Å². The van der Waals surface area contributed by atoms with E-state index < -0.39 is 0 Å². The van der Waals surface area contributed by atoms with Crippen LogP contribution in [-0.2, 0) is 4.84 Å². The highest BCUT2D eigenvalue weighted by molar-refractivity contribution is 7.99. The van der Waals surface area contributed by atoms with Gasteiger partial charge in [-0.3, -0.25) is 5.41 Å². The van der Waals surface area contributed by atoms with Gasteiger partial charge in [0.25, 0.3) is 0 Å². The maximum atomic E-state index is 7.21. The molecule has 0 aliphatic rings. The number of amidine groups is 1. The molecule has 14 heavy (non-hydrogen) atoms. The minimum atomic E-state index is 0.0897. The first-order chi connectivity index (χ1) is 6.74. The molecule has 0 amide bonds. The molecule has 0 aliphatic heterocycles. The van der Waals surface area contributed by atoms with Crippen LogP contribution in [0.2, 0.25) is 0 Å². The second-order valence-electron chi connectivity index (χ2n) is 2.66. The quantitative estimate of drug-likeness (QED) is 0.222. The van der Waals surface area contributed by atoms with Crippen molar-refractivity contribution in [3.05, 3.63) is 29.8 Å². The van der Waals surface area contributed by atoms with Crippen molar-refractivity contribution in [2.45, 2.75) is 4.90 Å². The molecule has 0 spiro atoms. The van der Waals surface area contributed by atoms with Crippen LogP contribution in [0.4, 0.5) is 0 Å². The molecule has 1 aromatic rings. The Morgan fingerprint density at radius 2 is 2.00 bits per heavy atom. The maximum absolute atomic E-state index is 7.21. The topological polar surface area (TPSA) is 85.1 Å². The highest BCUT2D eigenvalue weighted by Gasteiger charge is 1.97. The minimum Gasteiger partial charge on any atom is -0.384 e. The Morgan fingerprint density at radius 1 is 1.36 bits per heavy atom. The van der Waals surface area contributed by atoms with Crippen LogP contribution in [0.3, 0.4) is 0 Å². The summed E-state index contributed by atoms with van der Waals surface area (Å²) in [5.41, 5.74) is 6.07. The second-order valence-corrected chi connectivity index (χ2v) is 3.83. The Balaban J connectivity index is 2.51. The molecule has 76 valence electrons. The molecule has 4 nitrogen and oxygen atoms in total. The van der Waals surface area contributed by atoms with Crippen molar-refractivity contribution in [2.75, 3.05) is 12.4 Å². The summed E-state index contributed by atoms with van der Waals surface area (Å²) in [6, 6.07) is 7.51. The van der Waals surface area contributed by atoms with Crippen LogP contribution >= 0.6 is 11.8 Å². The van der Waals surface area contributed by atoms with Crippen LogP contribution in [0, 0.1) is 5.41 Å². The lowest BCUT2D eigenvalue weighted by atomic mass is 10.2. The summed E-state index contributed by atoms with van der Waals surface area (Å²) >= 11 is 1.65. The number of thioether (sulfide) groups is 1. The fraction of sp³-hybridized carbons (Fsp3) is 0.222. The van der Waals surface area contributed by atoms with E-state index in [0.717, 1.165) is 16.2 Å². The summed E-state index contributed by atoms with van der Waals surface area (Å²) < 4.78 is 0. The van der Waals surface area contributed by atoms with Gasteiger partial charge < -0.3 is 10.6 Å². The first kappa shape index (κ1) is 11.0. The summed E-state index contributed by atoms with van der Waals surface area (Å²) in [6.45, 7) is 0.527. The molecule has 0 heterocycles. The first-order valence-electron chi connectivity index (χ1n) is 4.13. The highest BCUT2D eigenvalue weighted by Crippen LogP contribution is 2.17. The third-order valence-corrected chi connectivity index (χ3v) is 2.61. The Labute approximate surface area is 87.1 Å². The fourth-order valence-electron chi connectivity index (χ4n) is 0.938. The van der Waals surface area contributed by atoms with Gasteiger partial charge in [-0.2, -0.15) is 0 Å². The fourth-order valence-corrected chi connectivity index (χ4v) is 1.68. The van der Waals surface area contributed by atoms with Gasteiger partial charge in [-0.15, -0.1) is 11.8 Å². The summed E-state index contributed by atoms with van der Waals surface area (Å²) in [6.07, 6.45) is 0. The van der Waals surface area contributed by atoms with E-state index in [2.05, 4.69) is 4.84 Å². The van der Waals surface area contributed by atoms with E-state index in [-0.39, 0.29) is 5.84 Å². The Bertz CT molecular complexity index is 299. The molecule has 5 N–H and O–H groups in total. The number of benzene rings is 1. The van der Waals surface area contributed by atoms with Crippen LogP contribution in [0.25, 0.3) is 0 Å². The first-order valence-corrected chi connectivity index (χ1v) is 5.11. The predicted octanol–water partition coefficient (Wildman–Crippen LogP) is 0.953. The molecule has 0 radical (unpaired) electrons. The van der Waals surface area contributed by atoms with Gasteiger partial charge in [0.05, 0.1) is 6.61 Å². The van der Waals surface area contributed by atoms with E-state index in [1.165, 1.54) is 0 Å². The Hall–Kier alpha value is -1.04. The average Bonchev–Trinajstić information content (AvgIpc) is 2.19. The zero-order chi connectivity index (χ0) is 10.4. The molecule has 0 saturated heterocycles. The lowest BCUT2D eigenvalue weighted by Gasteiger charge is -2.02. The van der Waals surface area contributed by atoms with Crippen molar-refractivity contribution in [3.8, 4) is 0 Å². The van der Waals surface area contributed by atoms with Crippen molar-refractivity contribution in [1.82, 2.24) is 0 Å². The third-order valence-electron chi connectivity index (χ3n) is 1.64. The van der Waals surface area contributed by atoms with E-state index in [0.29, 0.717) is 6.61 Å². The summed E-state index contributed by atoms with van der Waals surface area (Å²) in [5, 5.41) is 7.21. The zero-order valence-corrected chi connectivity index (χ0v) is 8.51. The molecule has 1 rings (SSSR count). The number of nitrogens with two attached hydrogens (primary N) is 2. The van der Waals surface area contributed by atoms with Gasteiger partial charge in [0.15, 0.2) is 0 Å². The van der Waals surface area contributed by atoms with Crippen molar-refractivity contribution < 1.29 is 4.84 Å². The van der Waals surface area contributed by atoms with Crippen LogP contribution in [0.1, 0.15) is 5.56 Å². The molecule has 0 unspecified atom stereocenters. The van der Waals surface area contributed by atoms with Gasteiger partial charge in [-0.05, 0) is 12.1 Å². The number of rotatable bonds is 5. The Kier molecular flexibility index (Phi) is 4.45. The van der Waals surface area contributed by atoms with Crippen LogP contribution < -0.4 is 11.6 Å². The monoisotopic (exact) mass is 211 g/mol. The van der Waals surface area contributed by atoms with Crippen LogP contribution in [0.15, 0.2) is 29.2 Å². The molecule has 0 bridgehead atoms. The van der Waals surface area contributed by atoms with Crippen molar-refractivity contribution >= 4 is 17.6 Å². The molecular weight excluding hydrogens is 198 g/mol. The normalized spacial score (nSPS) is 10.1.